The summed E-state index contributed by atoms with van der Waals surface area (Å²) >= 11 is 1.33. The second kappa shape index (κ2) is 7.79. The zero-order chi connectivity index (χ0) is 18.6. The molecule has 2 rings (SSSR count). The van der Waals surface area contributed by atoms with Crippen LogP contribution in [0.3, 0.4) is 0 Å². The van der Waals surface area contributed by atoms with Crippen molar-refractivity contribution in [2.24, 2.45) is 0 Å². The third-order valence-corrected chi connectivity index (χ3v) is 5.67. The van der Waals surface area contributed by atoms with Gasteiger partial charge in [-0.25, -0.2) is 13.2 Å². The average Bonchev–Trinajstić information content (AvgIpc) is 2.93. The summed E-state index contributed by atoms with van der Waals surface area (Å²) in [6, 6.07) is 7.65. The highest BCUT2D eigenvalue weighted by molar-refractivity contribution is 7.90. The Kier molecular flexibility index (Phi) is 5.97. The van der Waals surface area contributed by atoms with E-state index in [1.54, 1.807) is 12.1 Å². The van der Waals surface area contributed by atoms with Crippen LogP contribution in [-0.2, 0) is 25.8 Å². The number of ether oxygens (including phenoxy) is 1. The summed E-state index contributed by atoms with van der Waals surface area (Å²) in [6.07, 6.45) is 1.91. The van der Waals surface area contributed by atoms with E-state index in [9.17, 15) is 18.0 Å². The molecule has 6 nitrogen and oxygen atoms in total. The molecule has 0 atom stereocenters. The Balaban J connectivity index is 1.95. The molecule has 25 heavy (non-hydrogen) atoms. The van der Waals surface area contributed by atoms with Crippen LogP contribution in [0.4, 0.5) is 5.69 Å². The number of thiophene rings is 1. The molecule has 0 aliphatic rings. The number of benzene rings is 1. The molecule has 0 aliphatic heterocycles. The summed E-state index contributed by atoms with van der Waals surface area (Å²) in [5, 5.41) is 2.51. The lowest BCUT2D eigenvalue weighted by molar-refractivity contribution is -0.119. The molecule has 1 aromatic carbocycles. The third kappa shape index (κ3) is 5.14. The number of carbonyl (C=O) groups excluding carboxylic acids is 2. The smallest absolute Gasteiger partial charge is 0.348 e. The predicted octanol–water partition coefficient (Wildman–Crippen LogP) is 2.82. The van der Waals surface area contributed by atoms with Crippen LogP contribution in [0, 0.1) is 6.92 Å². The van der Waals surface area contributed by atoms with E-state index in [-0.39, 0.29) is 4.90 Å². The first-order valence-corrected chi connectivity index (χ1v) is 10.3. The molecule has 0 saturated carbocycles. The predicted molar refractivity (Wildman–Crippen MR) is 96.9 cm³/mol. The molecule has 1 heterocycles. The standard InChI is InChI=1S/C17H19NO5S2/c1-4-12-8-15(24-11(12)2)17(20)23-10-16(19)18-13-6-5-7-14(9-13)25(3,21)22/h5-9H,4,10H2,1-3H3,(H,18,19). The lowest BCUT2D eigenvalue weighted by atomic mass is 10.2. The Morgan fingerprint density at radius 2 is 1.96 bits per heavy atom. The van der Waals surface area contributed by atoms with Crippen molar-refractivity contribution in [3.8, 4) is 0 Å². The van der Waals surface area contributed by atoms with Gasteiger partial charge >= 0.3 is 5.97 Å². The monoisotopic (exact) mass is 381 g/mol. The molecule has 0 spiro atoms. The van der Waals surface area contributed by atoms with Crippen LogP contribution in [0.15, 0.2) is 35.2 Å². The van der Waals surface area contributed by atoms with Crippen molar-refractivity contribution >= 4 is 38.7 Å². The summed E-state index contributed by atoms with van der Waals surface area (Å²) in [5.74, 6) is -1.09. The molecule has 1 amide bonds. The number of esters is 1. The van der Waals surface area contributed by atoms with Crippen molar-refractivity contribution in [1.29, 1.82) is 0 Å². The second-order valence-corrected chi connectivity index (χ2v) is 8.74. The fraction of sp³-hybridized carbons (Fsp3) is 0.294. The molecule has 1 N–H and O–H groups in total. The topological polar surface area (TPSA) is 89.5 Å². The number of sulfone groups is 1. The number of hydrogen-bond donors (Lipinski definition) is 1. The molecule has 1 aromatic heterocycles. The van der Waals surface area contributed by atoms with E-state index in [1.165, 1.54) is 29.5 Å². The minimum Gasteiger partial charge on any atom is -0.451 e. The number of hydrogen-bond acceptors (Lipinski definition) is 6. The van der Waals surface area contributed by atoms with E-state index in [1.807, 2.05) is 13.8 Å². The Labute approximate surface area is 150 Å². The van der Waals surface area contributed by atoms with Gasteiger partial charge in [-0.1, -0.05) is 13.0 Å². The number of anilines is 1. The van der Waals surface area contributed by atoms with Gasteiger partial charge in [0, 0.05) is 16.8 Å². The molecule has 134 valence electrons. The van der Waals surface area contributed by atoms with Gasteiger partial charge in [0.2, 0.25) is 0 Å². The lowest BCUT2D eigenvalue weighted by Crippen LogP contribution is -2.20. The maximum Gasteiger partial charge on any atom is 0.348 e. The van der Waals surface area contributed by atoms with Gasteiger partial charge in [0.1, 0.15) is 4.88 Å². The van der Waals surface area contributed by atoms with Crippen molar-refractivity contribution in [1.82, 2.24) is 0 Å². The van der Waals surface area contributed by atoms with E-state index >= 15 is 0 Å². The Hall–Kier alpha value is -2.19. The minimum absolute atomic E-state index is 0.100. The normalized spacial score (nSPS) is 11.2. The van der Waals surface area contributed by atoms with E-state index in [4.69, 9.17) is 4.74 Å². The summed E-state index contributed by atoms with van der Waals surface area (Å²) < 4.78 is 28.0. The van der Waals surface area contributed by atoms with Crippen LogP contribution in [0.5, 0.6) is 0 Å². The van der Waals surface area contributed by atoms with Gasteiger partial charge in [-0.3, -0.25) is 4.79 Å². The number of aryl methyl sites for hydroxylation is 2. The van der Waals surface area contributed by atoms with E-state index in [2.05, 4.69) is 5.32 Å². The lowest BCUT2D eigenvalue weighted by Gasteiger charge is -2.07. The van der Waals surface area contributed by atoms with Gasteiger partial charge < -0.3 is 10.1 Å². The highest BCUT2D eigenvalue weighted by atomic mass is 32.2. The molecule has 0 radical (unpaired) electrons. The quantitative estimate of drug-likeness (QED) is 0.777. The Bertz CT molecular complexity index is 900. The zero-order valence-corrected chi connectivity index (χ0v) is 15.8. The first kappa shape index (κ1) is 19.1. The summed E-state index contributed by atoms with van der Waals surface area (Å²) in [4.78, 5) is 25.5. The van der Waals surface area contributed by atoms with Crippen LogP contribution >= 0.6 is 11.3 Å². The maximum atomic E-state index is 12.0. The van der Waals surface area contributed by atoms with E-state index in [0.29, 0.717) is 10.6 Å². The van der Waals surface area contributed by atoms with Crippen molar-refractivity contribution in [3.63, 3.8) is 0 Å². The molecular formula is C17H19NO5S2. The average molecular weight is 381 g/mol. The molecule has 0 fully saturated rings. The van der Waals surface area contributed by atoms with Crippen molar-refractivity contribution < 1.29 is 22.7 Å². The van der Waals surface area contributed by atoms with Crippen molar-refractivity contribution in [2.45, 2.75) is 25.2 Å². The van der Waals surface area contributed by atoms with Crippen molar-refractivity contribution in [2.75, 3.05) is 18.2 Å². The number of nitrogens with one attached hydrogen (secondary N) is 1. The van der Waals surface area contributed by atoms with Crippen LogP contribution < -0.4 is 5.32 Å². The number of carbonyl (C=O) groups is 2. The fourth-order valence-corrected chi connectivity index (χ4v) is 3.85. The van der Waals surface area contributed by atoms with Crippen molar-refractivity contribution in [3.05, 3.63) is 45.6 Å². The van der Waals surface area contributed by atoms with Gasteiger partial charge in [0.15, 0.2) is 16.4 Å². The van der Waals surface area contributed by atoms with Crippen LogP contribution in [-0.4, -0.2) is 33.2 Å². The molecule has 0 unspecified atom stereocenters. The van der Waals surface area contributed by atoms with Gasteiger partial charge in [0.05, 0.1) is 4.90 Å². The summed E-state index contributed by atoms with van der Waals surface area (Å²) in [5.41, 5.74) is 1.41. The largest absolute Gasteiger partial charge is 0.451 e. The van der Waals surface area contributed by atoms with Gasteiger partial charge in [-0.2, -0.15) is 0 Å². The minimum atomic E-state index is -3.36. The zero-order valence-electron chi connectivity index (χ0n) is 14.2. The maximum absolute atomic E-state index is 12.0. The molecular weight excluding hydrogens is 362 g/mol. The molecule has 0 bridgehead atoms. The van der Waals surface area contributed by atoms with Gasteiger partial charge in [-0.05, 0) is 43.2 Å². The first-order chi connectivity index (χ1) is 11.7. The van der Waals surface area contributed by atoms with Gasteiger partial charge in [-0.15, -0.1) is 11.3 Å². The molecule has 0 saturated heterocycles. The second-order valence-electron chi connectivity index (χ2n) is 5.47. The van der Waals surface area contributed by atoms with Crippen LogP contribution in [0.25, 0.3) is 0 Å². The van der Waals surface area contributed by atoms with E-state index in [0.717, 1.165) is 23.1 Å². The van der Waals surface area contributed by atoms with Crippen LogP contribution in [0.2, 0.25) is 0 Å². The van der Waals surface area contributed by atoms with Gasteiger partial charge in [0.25, 0.3) is 5.91 Å². The fourth-order valence-electron chi connectivity index (χ4n) is 2.18. The van der Waals surface area contributed by atoms with Crippen LogP contribution in [0.1, 0.15) is 27.0 Å². The Morgan fingerprint density at radius 1 is 1.24 bits per heavy atom. The molecule has 8 heteroatoms. The molecule has 0 aliphatic carbocycles. The number of amides is 1. The third-order valence-electron chi connectivity index (χ3n) is 3.48. The number of rotatable bonds is 6. The summed E-state index contributed by atoms with van der Waals surface area (Å²) in [7, 11) is -3.36. The Morgan fingerprint density at radius 3 is 2.56 bits per heavy atom. The first-order valence-electron chi connectivity index (χ1n) is 7.57. The van der Waals surface area contributed by atoms with E-state index < -0.39 is 28.3 Å². The SMILES string of the molecule is CCc1cc(C(=O)OCC(=O)Nc2cccc(S(C)(=O)=O)c2)sc1C. The highest BCUT2D eigenvalue weighted by Crippen LogP contribution is 2.22. The summed E-state index contributed by atoms with van der Waals surface area (Å²) in [6.45, 7) is 3.49. The highest BCUT2D eigenvalue weighted by Gasteiger charge is 2.15. The molecule has 2 aromatic rings.